The molecule has 1 atom stereocenters. The molecule has 0 aliphatic carbocycles. The largest absolute Gasteiger partial charge is 0.393 e. The van der Waals surface area contributed by atoms with Gasteiger partial charge in [-0.1, -0.05) is 0 Å². The second-order valence-electron chi connectivity index (χ2n) is 1.58. The zero-order valence-corrected chi connectivity index (χ0v) is 5.52. The highest BCUT2D eigenvalue weighted by Crippen LogP contribution is 1.83. The third kappa shape index (κ3) is 4.04. The molecule has 0 aliphatic rings. The number of esters is 1. The fraction of sp³-hybridized carbons (Fsp3) is 0.400. The van der Waals surface area contributed by atoms with Gasteiger partial charge in [-0.15, -0.1) is 0 Å². The van der Waals surface area contributed by atoms with Gasteiger partial charge in [-0.25, -0.2) is 4.79 Å². The van der Waals surface area contributed by atoms with Crippen molar-refractivity contribution >= 4 is 18.9 Å². The molecule has 1 amide bonds. The summed E-state index contributed by atoms with van der Waals surface area (Å²) in [5.74, 6) is -1.09. The lowest BCUT2D eigenvalue weighted by Crippen LogP contribution is -2.33. The van der Waals surface area contributed by atoms with Crippen molar-refractivity contribution in [2.24, 2.45) is 0 Å². The van der Waals surface area contributed by atoms with Crippen LogP contribution in [0.2, 0.25) is 0 Å². The van der Waals surface area contributed by atoms with E-state index in [9.17, 15) is 14.4 Å². The molecule has 0 spiro atoms. The highest BCUT2D eigenvalue weighted by Gasteiger charge is 2.15. The highest BCUT2D eigenvalue weighted by atomic mass is 16.6. The first-order chi connectivity index (χ1) is 5.22. The molecule has 62 valence electrons. The molecule has 11 heavy (non-hydrogen) atoms. The Labute approximate surface area is 62.1 Å². The zero-order chi connectivity index (χ0) is 8.69. The van der Waals surface area contributed by atoms with Crippen LogP contribution in [0.15, 0.2) is 0 Å². The predicted molar refractivity (Wildman–Crippen MR) is 32.2 cm³/mol. The third-order valence-corrected chi connectivity index (χ3v) is 0.831. The quantitative estimate of drug-likeness (QED) is 0.271. The lowest BCUT2D eigenvalue weighted by molar-refractivity contribution is -0.158. The second-order valence-corrected chi connectivity index (χ2v) is 1.58. The van der Waals surface area contributed by atoms with E-state index in [2.05, 4.69) is 4.74 Å². The fourth-order valence-corrected chi connectivity index (χ4v) is 0.369. The number of hydrogen-bond donors (Lipinski definition) is 2. The summed E-state index contributed by atoms with van der Waals surface area (Å²) in [4.78, 5) is 29.6. The lowest BCUT2D eigenvalue weighted by atomic mass is 10.4. The van der Waals surface area contributed by atoms with E-state index >= 15 is 0 Å². The van der Waals surface area contributed by atoms with E-state index in [-0.39, 0.29) is 13.0 Å². The number of nitrogens with one attached hydrogen (secondary N) is 1. The second kappa shape index (κ2) is 5.36. The fourth-order valence-electron chi connectivity index (χ4n) is 0.369. The summed E-state index contributed by atoms with van der Waals surface area (Å²) in [5, 5.41) is 10.8. The van der Waals surface area contributed by atoms with Crippen molar-refractivity contribution < 1.29 is 24.2 Å². The van der Waals surface area contributed by atoms with Gasteiger partial charge in [-0.3, -0.25) is 9.59 Å². The predicted octanol–water partition coefficient (Wildman–Crippen LogP) is -2.21. The number of aliphatic hydroxyl groups is 1. The van der Waals surface area contributed by atoms with Crippen LogP contribution < -0.4 is 5.32 Å². The van der Waals surface area contributed by atoms with E-state index in [0.717, 1.165) is 0 Å². The third-order valence-electron chi connectivity index (χ3n) is 0.831. The Hall–Kier alpha value is -1.43. The van der Waals surface area contributed by atoms with Crippen LogP contribution in [0.25, 0.3) is 0 Å². The van der Waals surface area contributed by atoms with Gasteiger partial charge in [0.25, 0.3) is 0 Å². The van der Waals surface area contributed by atoms with Crippen LogP contribution in [0.1, 0.15) is 0 Å². The first-order valence-electron chi connectivity index (χ1n) is 2.71. The van der Waals surface area contributed by atoms with E-state index in [1.807, 2.05) is 5.32 Å². The average molecular weight is 161 g/mol. The molecule has 6 nitrogen and oxygen atoms in total. The summed E-state index contributed by atoms with van der Waals surface area (Å²) >= 11 is 0. The number of carbonyl (C=O) groups is 3. The van der Waals surface area contributed by atoms with E-state index in [0.29, 0.717) is 6.41 Å². The lowest BCUT2D eigenvalue weighted by Gasteiger charge is -2.04. The zero-order valence-electron chi connectivity index (χ0n) is 5.52. The molecular weight excluding hydrogens is 154 g/mol. The van der Waals surface area contributed by atoms with Gasteiger partial charge < -0.3 is 15.2 Å². The smallest absolute Gasteiger partial charge is 0.344 e. The Kier molecular flexibility index (Phi) is 4.67. The normalized spacial score (nSPS) is 11.4. The van der Waals surface area contributed by atoms with Crippen LogP contribution in [-0.4, -0.2) is 36.6 Å². The average Bonchev–Trinajstić information content (AvgIpc) is 2.00. The van der Waals surface area contributed by atoms with Crippen molar-refractivity contribution in [2.75, 3.05) is 6.54 Å². The minimum Gasteiger partial charge on any atom is -0.393 e. The molecule has 2 N–H and O–H groups in total. The Morgan fingerprint density at radius 3 is 2.73 bits per heavy atom. The van der Waals surface area contributed by atoms with E-state index in [4.69, 9.17) is 5.11 Å². The maximum atomic E-state index is 10.4. The van der Waals surface area contributed by atoms with Crippen LogP contribution in [-0.2, 0) is 19.1 Å². The molecule has 0 fully saturated rings. The van der Waals surface area contributed by atoms with Gasteiger partial charge in [-0.05, 0) is 0 Å². The van der Waals surface area contributed by atoms with Gasteiger partial charge in [-0.2, -0.15) is 0 Å². The molecule has 0 bridgehead atoms. The molecule has 0 aromatic rings. The molecule has 0 saturated heterocycles. The molecule has 0 aromatic heterocycles. The Morgan fingerprint density at radius 2 is 2.27 bits per heavy atom. The van der Waals surface area contributed by atoms with Crippen molar-refractivity contribution in [2.45, 2.75) is 6.10 Å². The standard InChI is InChI=1S/C5H7NO5/c7-2-6-1-4(9)5(10)11-3-8/h2-4,9H,1H2,(H,6,7)/t4-/m0/s1. The minimum absolute atomic E-state index is 0.0908. The van der Waals surface area contributed by atoms with Crippen LogP contribution in [0.5, 0.6) is 0 Å². The first kappa shape index (κ1) is 9.57. The van der Waals surface area contributed by atoms with Gasteiger partial charge in [0.15, 0.2) is 6.10 Å². The molecule has 0 saturated carbocycles. The molecule has 0 aliphatic heterocycles. The summed E-state index contributed by atoms with van der Waals surface area (Å²) in [7, 11) is 0. The summed E-state index contributed by atoms with van der Waals surface area (Å²) in [5.41, 5.74) is 0. The summed E-state index contributed by atoms with van der Waals surface area (Å²) in [6.45, 7) is -0.358. The molecule has 0 heterocycles. The van der Waals surface area contributed by atoms with E-state index < -0.39 is 12.1 Å². The topological polar surface area (TPSA) is 92.7 Å². The SMILES string of the molecule is O=CNC[C@H](O)C(=O)OC=O. The summed E-state index contributed by atoms with van der Waals surface area (Å²) in [6, 6.07) is 0. The van der Waals surface area contributed by atoms with Crippen LogP contribution >= 0.6 is 0 Å². The molecule has 0 radical (unpaired) electrons. The van der Waals surface area contributed by atoms with Gasteiger partial charge >= 0.3 is 12.4 Å². The molecule has 0 unspecified atom stereocenters. The molecule has 6 heteroatoms. The number of ether oxygens (including phenoxy) is 1. The van der Waals surface area contributed by atoms with E-state index in [1.165, 1.54) is 0 Å². The highest BCUT2D eigenvalue weighted by molar-refractivity contribution is 5.80. The van der Waals surface area contributed by atoms with Gasteiger partial charge in [0.1, 0.15) is 0 Å². The van der Waals surface area contributed by atoms with Crippen molar-refractivity contribution in [3.63, 3.8) is 0 Å². The number of hydrogen-bond acceptors (Lipinski definition) is 5. The Bertz CT molecular complexity index is 157. The Balaban J connectivity index is 3.62. The number of rotatable bonds is 5. The van der Waals surface area contributed by atoms with Crippen molar-refractivity contribution in [3.05, 3.63) is 0 Å². The molecule has 0 aromatic carbocycles. The van der Waals surface area contributed by atoms with Crippen molar-refractivity contribution in [1.29, 1.82) is 0 Å². The van der Waals surface area contributed by atoms with E-state index in [1.54, 1.807) is 0 Å². The maximum absolute atomic E-state index is 10.4. The summed E-state index contributed by atoms with van der Waals surface area (Å²) in [6.07, 6.45) is -1.18. The molecular formula is C5H7NO5. The number of amides is 1. The van der Waals surface area contributed by atoms with Crippen LogP contribution in [0.3, 0.4) is 0 Å². The van der Waals surface area contributed by atoms with Crippen LogP contribution in [0.4, 0.5) is 0 Å². The number of aliphatic hydroxyl groups excluding tert-OH is 1. The minimum atomic E-state index is -1.50. The van der Waals surface area contributed by atoms with Crippen molar-refractivity contribution in [3.8, 4) is 0 Å². The number of carbonyl (C=O) groups excluding carboxylic acids is 3. The first-order valence-corrected chi connectivity index (χ1v) is 2.71. The monoisotopic (exact) mass is 161 g/mol. The van der Waals surface area contributed by atoms with Gasteiger partial charge in [0, 0.05) is 0 Å². The van der Waals surface area contributed by atoms with Crippen LogP contribution in [0, 0.1) is 0 Å². The van der Waals surface area contributed by atoms with Gasteiger partial charge in [0.05, 0.1) is 6.54 Å². The molecule has 0 rings (SSSR count). The van der Waals surface area contributed by atoms with Crippen molar-refractivity contribution in [1.82, 2.24) is 5.32 Å². The Morgan fingerprint density at radius 1 is 1.64 bits per heavy atom. The summed E-state index contributed by atoms with van der Waals surface area (Å²) < 4.78 is 3.78. The van der Waals surface area contributed by atoms with Gasteiger partial charge in [0.2, 0.25) is 6.41 Å². The maximum Gasteiger partial charge on any atom is 0.344 e.